The van der Waals surface area contributed by atoms with E-state index in [1.54, 1.807) is 12.4 Å². The summed E-state index contributed by atoms with van der Waals surface area (Å²) in [4.78, 5) is 16.7. The van der Waals surface area contributed by atoms with E-state index in [9.17, 15) is 4.79 Å². The number of rotatable bonds is 4. The van der Waals surface area contributed by atoms with E-state index in [2.05, 4.69) is 15.6 Å². The Kier molecular flexibility index (Phi) is 3.91. The van der Waals surface area contributed by atoms with Crippen LogP contribution in [0.5, 0.6) is 0 Å². The molecule has 1 aliphatic heterocycles. The molecule has 0 saturated heterocycles. The van der Waals surface area contributed by atoms with E-state index in [0.29, 0.717) is 12.0 Å². The zero-order chi connectivity index (χ0) is 17.2. The number of hydrogen-bond donors (Lipinski definition) is 3. The SMILES string of the molecule is O=C1Nc2ccc3ncccc3c2/C1=C/Nc1ccc(CCO)cc1. The van der Waals surface area contributed by atoms with Crippen molar-refractivity contribution in [1.29, 1.82) is 0 Å². The summed E-state index contributed by atoms with van der Waals surface area (Å²) in [5, 5.41) is 16.0. The zero-order valence-corrected chi connectivity index (χ0v) is 13.5. The van der Waals surface area contributed by atoms with Crippen LogP contribution in [0.1, 0.15) is 11.1 Å². The summed E-state index contributed by atoms with van der Waals surface area (Å²) in [6.45, 7) is 0.134. The van der Waals surface area contributed by atoms with Crippen LogP contribution in [0.25, 0.3) is 16.5 Å². The zero-order valence-electron chi connectivity index (χ0n) is 13.5. The minimum atomic E-state index is -0.129. The average molecular weight is 331 g/mol. The smallest absolute Gasteiger partial charge is 0.257 e. The van der Waals surface area contributed by atoms with E-state index in [1.165, 1.54) is 0 Å². The number of anilines is 2. The predicted octanol–water partition coefficient (Wildman–Crippen LogP) is 3.17. The van der Waals surface area contributed by atoms with Gasteiger partial charge in [0.2, 0.25) is 0 Å². The molecule has 1 aromatic heterocycles. The van der Waals surface area contributed by atoms with Crippen LogP contribution in [0.2, 0.25) is 0 Å². The fraction of sp³-hybridized carbons (Fsp3) is 0.100. The number of fused-ring (bicyclic) bond motifs is 3. The van der Waals surface area contributed by atoms with E-state index >= 15 is 0 Å². The standard InChI is InChI=1S/C20H17N3O2/c24-11-9-13-3-5-14(6-4-13)22-12-16-19-15-2-1-10-21-17(15)7-8-18(19)23-20(16)25/h1-8,10,12,22,24H,9,11H2,(H,23,25)/b16-12-. The molecule has 0 fully saturated rings. The van der Waals surface area contributed by atoms with Crippen LogP contribution < -0.4 is 10.6 Å². The lowest BCUT2D eigenvalue weighted by molar-refractivity contribution is -0.110. The van der Waals surface area contributed by atoms with Gasteiger partial charge < -0.3 is 15.7 Å². The molecule has 4 rings (SSSR count). The summed E-state index contributed by atoms with van der Waals surface area (Å²) < 4.78 is 0. The number of benzene rings is 2. The maximum absolute atomic E-state index is 12.4. The number of pyridine rings is 1. The summed E-state index contributed by atoms with van der Waals surface area (Å²) >= 11 is 0. The molecule has 5 heteroatoms. The van der Waals surface area contributed by atoms with Gasteiger partial charge in [-0.3, -0.25) is 9.78 Å². The molecule has 0 unspecified atom stereocenters. The van der Waals surface area contributed by atoms with Crippen LogP contribution in [0.3, 0.4) is 0 Å². The third-order valence-electron chi connectivity index (χ3n) is 4.28. The van der Waals surface area contributed by atoms with Gasteiger partial charge in [0.25, 0.3) is 5.91 Å². The third kappa shape index (κ3) is 2.86. The molecule has 1 amide bonds. The normalized spacial score (nSPS) is 14.6. The molecule has 5 nitrogen and oxygen atoms in total. The van der Waals surface area contributed by atoms with Crippen molar-refractivity contribution in [3.63, 3.8) is 0 Å². The minimum absolute atomic E-state index is 0.129. The van der Waals surface area contributed by atoms with Crippen molar-refractivity contribution in [2.24, 2.45) is 0 Å². The number of nitrogens with one attached hydrogen (secondary N) is 2. The minimum Gasteiger partial charge on any atom is -0.396 e. The number of hydrogen-bond acceptors (Lipinski definition) is 4. The second-order valence-electron chi connectivity index (χ2n) is 5.89. The number of nitrogens with zero attached hydrogens (tertiary/aromatic N) is 1. The van der Waals surface area contributed by atoms with Gasteiger partial charge in [0.15, 0.2) is 0 Å². The van der Waals surface area contributed by atoms with Crippen molar-refractivity contribution in [2.45, 2.75) is 6.42 Å². The van der Waals surface area contributed by atoms with Gasteiger partial charge in [0.05, 0.1) is 11.1 Å². The van der Waals surface area contributed by atoms with Gasteiger partial charge >= 0.3 is 0 Å². The lowest BCUT2D eigenvalue weighted by Crippen LogP contribution is -2.05. The first-order valence-corrected chi connectivity index (χ1v) is 8.12. The highest BCUT2D eigenvalue weighted by atomic mass is 16.3. The summed E-state index contributed by atoms with van der Waals surface area (Å²) in [5.41, 5.74) is 5.08. The van der Waals surface area contributed by atoms with E-state index in [4.69, 9.17) is 5.11 Å². The summed E-state index contributed by atoms with van der Waals surface area (Å²) in [6, 6.07) is 15.4. The van der Waals surface area contributed by atoms with Crippen molar-refractivity contribution < 1.29 is 9.90 Å². The molecule has 3 aromatic rings. The van der Waals surface area contributed by atoms with Gasteiger partial charge in [-0.2, -0.15) is 0 Å². The van der Waals surface area contributed by atoms with Crippen molar-refractivity contribution in [3.05, 3.63) is 72.1 Å². The molecule has 1 aliphatic rings. The maximum atomic E-state index is 12.4. The molecule has 0 radical (unpaired) electrons. The van der Waals surface area contributed by atoms with Crippen molar-refractivity contribution in [1.82, 2.24) is 4.98 Å². The van der Waals surface area contributed by atoms with Gasteiger partial charge in [0, 0.05) is 41.3 Å². The Morgan fingerprint density at radius 2 is 1.96 bits per heavy atom. The Morgan fingerprint density at radius 3 is 2.76 bits per heavy atom. The Hall–Kier alpha value is -3.18. The molecular formula is C20H17N3O2. The van der Waals surface area contributed by atoms with Gasteiger partial charge in [-0.15, -0.1) is 0 Å². The largest absolute Gasteiger partial charge is 0.396 e. The first-order chi connectivity index (χ1) is 12.3. The number of aliphatic hydroxyl groups is 1. The fourth-order valence-electron chi connectivity index (χ4n) is 3.04. The van der Waals surface area contributed by atoms with Crippen LogP contribution in [0.15, 0.2) is 60.9 Å². The summed E-state index contributed by atoms with van der Waals surface area (Å²) in [5.74, 6) is -0.129. The molecule has 3 N–H and O–H groups in total. The Morgan fingerprint density at radius 1 is 1.12 bits per heavy atom. The fourth-order valence-corrected chi connectivity index (χ4v) is 3.04. The van der Waals surface area contributed by atoms with Crippen LogP contribution in [0.4, 0.5) is 11.4 Å². The highest BCUT2D eigenvalue weighted by Crippen LogP contribution is 2.36. The van der Waals surface area contributed by atoms with Gasteiger partial charge in [0.1, 0.15) is 0 Å². The number of carbonyl (C=O) groups excluding carboxylic acids is 1. The van der Waals surface area contributed by atoms with Gasteiger partial charge in [-0.05, 0) is 42.3 Å². The highest BCUT2D eigenvalue weighted by Gasteiger charge is 2.26. The molecule has 124 valence electrons. The monoisotopic (exact) mass is 331 g/mol. The van der Waals surface area contributed by atoms with Crippen molar-refractivity contribution in [3.8, 4) is 0 Å². The number of carbonyl (C=O) groups is 1. The second-order valence-corrected chi connectivity index (χ2v) is 5.89. The van der Waals surface area contributed by atoms with Crippen LogP contribution in [-0.4, -0.2) is 22.6 Å². The van der Waals surface area contributed by atoms with Gasteiger partial charge in [-0.25, -0.2) is 0 Å². The number of amides is 1. The average Bonchev–Trinajstić information content (AvgIpc) is 2.97. The maximum Gasteiger partial charge on any atom is 0.257 e. The Bertz CT molecular complexity index is 978. The molecule has 0 saturated carbocycles. The molecular weight excluding hydrogens is 314 g/mol. The first-order valence-electron chi connectivity index (χ1n) is 8.12. The lowest BCUT2D eigenvalue weighted by Gasteiger charge is -2.06. The Labute approximate surface area is 145 Å². The summed E-state index contributed by atoms with van der Waals surface area (Å²) in [6.07, 6.45) is 4.11. The van der Waals surface area contributed by atoms with Gasteiger partial charge in [-0.1, -0.05) is 18.2 Å². The Balaban J connectivity index is 1.68. The van der Waals surface area contributed by atoms with Crippen molar-refractivity contribution in [2.75, 3.05) is 17.2 Å². The number of aliphatic hydroxyl groups excluding tert-OH is 1. The van der Waals surface area contributed by atoms with E-state index < -0.39 is 0 Å². The highest BCUT2D eigenvalue weighted by molar-refractivity contribution is 6.34. The molecule has 2 heterocycles. The summed E-state index contributed by atoms with van der Waals surface area (Å²) in [7, 11) is 0. The molecule has 0 atom stereocenters. The quantitative estimate of drug-likeness (QED) is 0.642. The number of aromatic nitrogens is 1. The van der Waals surface area contributed by atoms with Crippen LogP contribution >= 0.6 is 0 Å². The van der Waals surface area contributed by atoms with E-state index in [1.807, 2.05) is 48.5 Å². The van der Waals surface area contributed by atoms with E-state index in [0.717, 1.165) is 33.4 Å². The molecule has 2 aromatic carbocycles. The predicted molar refractivity (Wildman–Crippen MR) is 99.2 cm³/mol. The van der Waals surface area contributed by atoms with E-state index in [-0.39, 0.29) is 12.5 Å². The third-order valence-corrected chi connectivity index (χ3v) is 4.28. The second kappa shape index (κ2) is 6.37. The topological polar surface area (TPSA) is 74.2 Å². The molecule has 0 bridgehead atoms. The van der Waals surface area contributed by atoms with Crippen molar-refractivity contribution >= 4 is 33.8 Å². The molecule has 0 spiro atoms. The molecule has 25 heavy (non-hydrogen) atoms. The van der Waals surface area contributed by atoms with Crippen LogP contribution in [0, 0.1) is 0 Å². The lowest BCUT2D eigenvalue weighted by atomic mass is 10.0. The first kappa shape index (κ1) is 15.4. The van der Waals surface area contributed by atoms with Crippen LogP contribution in [-0.2, 0) is 11.2 Å². The molecule has 0 aliphatic carbocycles.